The van der Waals surface area contributed by atoms with Crippen LogP contribution in [0.15, 0.2) is 17.5 Å². The predicted octanol–water partition coefficient (Wildman–Crippen LogP) is 3.60. The molecule has 0 aliphatic heterocycles. The molecular weight excluding hydrogens is 282 g/mol. The van der Waals surface area contributed by atoms with E-state index in [9.17, 15) is 4.79 Å². The van der Waals surface area contributed by atoms with Crippen LogP contribution in [0.25, 0.3) is 10.6 Å². The first kappa shape index (κ1) is 14.2. The number of ether oxygens (including phenoxy) is 1. The second kappa shape index (κ2) is 6.27. The maximum absolute atomic E-state index is 10.7. The van der Waals surface area contributed by atoms with Crippen molar-refractivity contribution in [2.75, 3.05) is 6.61 Å². The number of thiazole rings is 1. The summed E-state index contributed by atoms with van der Waals surface area (Å²) in [5.74, 6) is -0.808. The zero-order chi connectivity index (χ0) is 13.8. The van der Waals surface area contributed by atoms with Crippen molar-refractivity contribution in [2.45, 2.75) is 26.4 Å². The first-order chi connectivity index (χ1) is 9.10. The molecule has 1 atom stereocenters. The zero-order valence-corrected chi connectivity index (χ0v) is 12.4. The Morgan fingerprint density at radius 3 is 3.00 bits per heavy atom. The summed E-state index contributed by atoms with van der Waals surface area (Å²) in [4.78, 5) is 17.0. The maximum Gasteiger partial charge on any atom is 0.308 e. The van der Waals surface area contributed by atoms with E-state index in [0.29, 0.717) is 6.61 Å². The first-order valence-corrected chi connectivity index (χ1v) is 7.67. The summed E-state index contributed by atoms with van der Waals surface area (Å²) in [7, 11) is 0. The molecular formula is C13H15NO3S2. The summed E-state index contributed by atoms with van der Waals surface area (Å²) in [6.45, 7) is 4.61. The molecule has 19 heavy (non-hydrogen) atoms. The molecule has 0 fully saturated rings. The average molecular weight is 297 g/mol. The van der Waals surface area contributed by atoms with Crippen LogP contribution in [0.1, 0.15) is 29.8 Å². The smallest absolute Gasteiger partial charge is 0.308 e. The molecule has 0 aliphatic rings. The molecule has 0 aliphatic carbocycles. The Morgan fingerprint density at radius 1 is 1.53 bits per heavy atom. The molecule has 2 rings (SSSR count). The highest BCUT2D eigenvalue weighted by atomic mass is 32.1. The van der Waals surface area contributed by atoms with Gasteiger partial charge in [-0.1, -0.05) is 0 Å². The van der Waals surface area contributed by atoms with Crippen molar-refractivity contribution in [2.24, 2.45) is 0 Å². The Bertz CT molecular complexity index is 562. The summed E-state index contributed by atoms with van der Waals surface area (Å²) in [5.41, 5.74) is 0.896. The van der Waals surface area contributed by atoms with Crippen molar-refractivity contribution in [3.05, 3.63) is 27.4 Å². The molecule has 1 N–H and O–H groups in total. The minimum atomic E-state index is -0.808. The van der Waals surface area contributed by atoms with Crippen LogP contribution >= 0.6 is 22.7 Å². The highest BCUT2D eigenvalue weighted by Gasteiger charge is 2.13. The molecule has 2 aromatic heterocycles. The van der Waals surface area contributed by atoms with E-state index in [4.69, 9.17) is 9.84 Å². The molecule has 0 aromatic carbocycles. The molecule has 6 heteroatoms. The molecule has 0 radical (unpaired) electrons. The Labute approximate surface area is 119 Å². The number of hydrogen-bond acceptors (Lipinski definition) is 5. The van der Waals surface area contributed by atoms with Crippen LogP contribution in [-0.2, 0) is 16.0 Å². The number of nitrogens with zero attached hydrogens (tertiary/aromatic N) is 1. The fourth-order valence-corrected chi connectivity index (χ4v) is 3.53. The molecule has 4 nitrogen and oxygen atoms in total. The zero-order valence-electron chi connectivity index (χ0n) is 10.8. The number of carbonyl (C=O) groups is 1. The molecule has 2 aromatic rings. The normalized spacial score (nSPS) is 12.5. The number of carboxylic acid groups (broad SMARTS) is 1. The van der Waals surface area contributed by atoms with Crippen LogP contribution in [0, 0.1) is 0 Å². The number of aliphatic carboxylic acids is 1. The summed E-state index contributed by atoms with van der Waals surface area (Å²) in [5, 5.41) is 11.7. The van der Waals surface area contributed by atoms with Crippen LogP contribution in [0.2, 0.25) is 0 Å². The average Bonchev–Trinajstić information content (AvgIpc) is 2.96. The van der Waals surface area contributed by atoms with E-state index >= 15 is 0 Å². The van der Waals surface area contributed by atoms with Gasteiger partial charge in [0.1, 0.15) is 11.1 Å². The molecule has 0 bridgehead atoms. The van der Waals surface area contributed by atoms with Gasteiger partial charge in [-0.05, 0) is 26.0 Å². The third kappa shape index (κ3) is 3.62. The second-order valence-electron chi connectivity index (χ2n) is 4.01. The standard InChI is InChI=1S/C13H15NO3S2/c1-3-17-8(2)13-14-10(7-18-13)11-5-4-9(19-11)6-12(15)16/h4-5,7-8H,3,6H2,1-2H3,(H,15,16). The lowest BCUT2D eigenvalue weighted by Gasteiger charge is -2.06. The maximum atomic E-state index is 10.7. The first-order valence-electron chi connectivity index (χ1n) is 5.98. The van der Waals surface area contributed by atoms with Gasteiger partial charge in [-0.3, -0.25) is 4.79 Å². The molecule has 102 valence electrons. The van der Waals surface area contributed by atoms with Crippen LogP contribution in [0.4, 0.5) is 0 Å². The van der Waals surface area contributed by atoms with E-state index in [0.717, 1.165) is 20.5 Å². The van der Waals surface area contributed by atoms with Gasteiger partial charge >= 0.3 is 5.97 Å². The topological polar surface area (TPSA) is 59.4 Å². The Balaban J connectivity index is 2.14. The molecule has 0 spiro atoms. The summed E-state index contributed by atoms with van der Waals surface area (Å²) in [6.07, 6.45) is 0.0685. The molecule has 0 saturated carbocycles. The highest BCUT2D eigenvalue weighted by Crippen LogP contribution is 2.31. The van der Waals surface area contributed by atoms with Gasteiger partial charge in [0.15, 0.2) is 0 Å². The van der Waals surface area contributed by atoms with Crippen molar-refractivity contribution in [1.82, 2.24) is 4.98 Å². The van der Waals surface area contributed by atoms with Crippen molar-refractivity contribution in [3.63, 3.8) is 0 Å². The minimum Gasteiger partial charge on any atom is -0.481 e. The SMILES string of the molecule is CCOC(C)c1nc(-c2ccc(CC(=O)O)s2)cs1. The lowest BCUT2D eigenvalue weighted by molar-refractivity contribution is -0.136. The number of aromatic nitrogens is 1. The minimum absolute atomic E-state index is 0.00204. The monoisotopic (exact) mass is 297 g/mol. The summed E-state index contributed by atoms with van der Waals surface area (Å²) >= 11 is 3.05. The van der Waals surface area contributed by atoms with Gasteiger partial charge in [0.25, 0.3) is 0 Å². The predicted molar refractivity (Wildman–Crippen MR) is 76.8 cm³/mol. The number of carboxylic acids is 1. The fourth-order valence-electron chi connectivity index (χ4n) is 1.67. The lowest BCUT2D eigenvalue weighted by Crippen LogP contribution is -1.98. The molecule has 1 unspecified atom stereocenters. The fraction of sp³-hybridized carbons (Fsp3) is 0.385. The van der Waals surface area contributed by atoms with Crippen LogP contribution in [-0.4, -0.2) is 22.7 Å². The van der Waals surface area contributed by atoms with Crippen LogP contribution < -0.4 is 0 Å². The summed E-state index contributed by atoms with van der Waals surface area (Å²) in [6, 6.07) is 3.77. The van der Waals surface area contributed by atoms with Crippen LogP contribution in [0.5, 0.6) is 0 Å². The van der Waals surface area contributed by atoms with Gasteiger partial charge in [0, 0.05) is 16.9 Å². The highest BCUT2D eigenvalue weighted by molar-refractivity contribution is 7.16. The summed E-state index contributed by atoms with van der Waals surface area (Å²) < 4.78 is 5.51. The molecule has 2 heterocycles. The van der Waals surface area contributed by atoms with Gasteiger partial charge in [-0.25, -0.2) is 4.98 Å². The largest absolute Gasteiger partial charge is 0.481 e. The Kier molecular flexibility index (Phi) is 4.68. The van der Waals surface area contributed by atoms with Crippen molar-refractivity contribution in [3.8, 4) is 10.6 Å². The van der Waals surface area contributed by atoms with E-state index in [1.807, 2.05) is 31.4 Å². The number of hydrogen-bond donors (Lipinski definition) is 1. The third-order valence-corrected chi connectivity index (χ3v) is 4.64. The molecule has 0 amide bonds. The van der Waals surface area contributed by atoms with E-state index in [1.54, 1.807) is 11.3 Å². The Hall–Kier alpha value is -1.24. The van der Waals surface area contributed by atoms with E-state index in [-0.39, 0.29) is 12.5 Å². The van der Waals surface area contributed by atoms with E-state index in [2.05, 4.69) is 4.98 Å². The quantitative estimate of drug-likeness (QED) is 0.885. The van der Waals surface area contributed by atoms with Crippen molar-refractivity contribution < 1.29 is 14.6 Å². The third-order valence-electron chi connectivity index (χ3n) is 2.53. The van der Waals surface area contributed by atoms with Gasteiger partial charge in [0.05, 0.1) is 17.0 Å². The van der Waals surface area contributed by atoms with Gasteiger partial charge < -0.3 is 9.84 Å². The van der Waals surface area contributed by atoms with Crippen molar-refractivity contribution >= 4 is 28.6 Å². The Morgan fingerprint density at radius 2 is 2.32 bits per heavy atom. The van der Waals surface area contributed by atoms with Gasteiger partial charge in [0.2, 0.25) is 0 Å². The number of rotatable bonds is 6. The lowest BCUT2D eigenvalue weighted by atomic mass is 10.3. The van der Waals surface area contributed by atoms with Crippen LogP contribution in [0.3, 0.4) is 0 Å². The second-order valence-corrected chi connectivity index (χ2v) is 6.06. The van der Waals surface area contributed by atoms with E-state index in [1.165, 1.54) is 11.3 Å². The molecule has 0 saturated heterocycles. The van der Waals surface area contributed by atoms with Crippen molar-refractivity contribution in [1.29, 1.82) is 0 Å². The number of thiophene rings is 1. The van der Waals surface area contributed by atoms with Gasteiger partial charge in [-0.2, -0.15) is 0 Å². The van der Waals surface area contributed by atoms with E-state index < -0.39 is 5.97 Å². The van der Waals surface area contributed by atoms with Gasteiger partial charge in [-0.15, -0.1) is 22.7 Å².